The lowest BCUT2D eigenvalue weighted by Crippen LogP contribution is -2.27. The maximum atomic E-state index is 12.1. The Kier molecular flexibility index (Phi) is 6.11. The Morgan fingerprint density at radius 3 is 2.85 bits per heavy atom. The third kappa shape index (κ3) is 4.53. The largest absolute Gasteiger partial charge is 0.355 e. The molecule has 0 aliphatic rings. The summed E-state index contributed by atoms with van der Waals surface area (Å²) in [5, 5.41) is 14.2. The van der Waals surface area contributed by atoms with Crippen molar-refractivity contribution in [3.05, 3.63) is 57.5 Å². The van der Waals surface area contributed by atoms with Gasteiger partial charge >= 0.3 is 0 Å². The highest BCUT2D eigenvalue weighted by atomic mass is 32.2. The van der Waals surface area contributed by atoms with E-state index in [9.17, 15) is 4.79 Å². The Labute approximate surface area is 161 Å². The maximum absolute atomic E-state index is 12.1. The molecular weight excluding hydrogens is 364 g/mol. The van der Waals surface area contributed by atoms with E-state index in [2.05, 4.69) is 59.0 Å². The molecule has 0 aliphatic carbocycles. The van der Waals surface area contributed by atoms with E-state index in [1.54, 1.807) is 11.3 Å². The van der Waals surface area contributed by atoms with Crippen LogP contribution in [0.25, 0.3) is 5.69 Å². The summed E-state index contributed by atoms with van der Waals surface area (Å²) < 4.78 is 2.02. The lowest BCUT2D eigenvalue weighted by molar-refractivity contribution is -0.118. The minimum atomic E-state index is 0.0136. The molecule has 0 fully saturated rings. The van der Waals surface area contributed by atoms with Crippen LogP contribution in [0.4, 0.5) is 0 Å². The van der Waals surface area contributed by atoms with Gasteiger partial charge in [0.1, 0.15) is 5.82 Å². The first-order valence-corrected chi connectivity index (χ1v) is 10.3. The van der Waals surface area contributed by atoms with E-state index in [-0.39, 0.29) is 5.91 Å². The first-order valence-electron chi connectivity index (χ1n) is 8.46. The zero-order chi connectivity index (χ0) is 18.5. The Balaban J connectivity index is 1.62. The Bertz CT molecular complexity index is 887. The van der Waals surface area contributed by atoms with Crippen molar-refractivity contribution in [1.29, 1.82) is 0 Å². The van der Waals surface area contributed by atoms with Crippen LogP contribution < -0.4 is 5.32 Å². The molecule has 3 aromatic rings. The van der Waals surface area contributed by atoms with Gasteiger partial charge in [0.05, 0.1) is 11.4 Å². The Morgan fingerprint density at radius 2 is 2.08 bits per heavy atom. The fourth-order valence-electron chi connectivity index (χ4n) is 2.64. The van der Waals surface area contributed by atoms with E-state index in [0.717, 1.165) is 28.7 Å². The predicted molar refractivity (Wildman–Crippen MR) is 107 cm³/mol. The average Bonchev–Trinajstić information content (AvgIpc) is 3.25. The summed E-state index contributed by atoms with van der Waals surface area (Å²) in [6.45, 7) is 6.72. The summed E-state index contributed by atoms with van der Waals surface area (Å²) in [5.74, 6) is 1.16. The van der Waals surface area contributed by atoms with Crippen LogP contribution in [0.2, 0.25) is 0 Å². The van der Waals surface area contributed by atoms with Crippen molar-refractivity contribution < 1.29 is 4.79 Å². The van der Waals surface area contributed by atoms with Crippen LogP contribution in [0.15, 0.2) is 40.9 Å². The topological polar surface area (TPSA) is 59.8 Å². The normalized spacial score (nSPS) is 10.9. The van der Waals surface area contributed by atoms with Crippen molar-refractivity contribution >= 4 is 29.0 Å². The summed E-state index contributed by atoms with van der Waals surface area (Å²) in [7, 11) is 0. The maximum Gasteiger partial charge on any atom is 0.230 e. The summed E-state index contributed by atoms with van der Waals surface area (Å²) >= 11 is 3.12. The van der Waals surface area contributed by atoms with Crippen molar-refractivity contribution in [3.8, 4) is 5.69 Å². The molecule has 0 saturated heterocycles. The molecule has 0 saturated carbocycles. The quantitative estimate of drug-likeness (QED) is 0.629. The second kappa shape index (κ2) is 8.51. The molecule has 0 radical (unpaired) electrons. The number of nitrogens with one attached hydrogen (secondary N) is 1. The molecule has 2 heterocycles. The first kappa shape index (κ1) is 18.7. The van der Waals surface area contributed by atoms with Crippen molar-refractivity contribution in [1.82, 2.24) is 20.1 Å². The van der Waals surface area contributed by atoms with E-state index in [4.69, 9.17) is 0 Å². The molecule has 0 atom stereocenters. The highest BCUT2D eigenvalue weighted by Crippen LogP contribution is 2.24. The third-order valence-electron chi connectivity index (χ3n) is 4.01. The van der Waals surface area contributed by atoms with Crippen LogP contribution in [0.1, 0.15) is 21.8 Å². The number of aromatic nitrogens is 3. The number of thioether (sulfide) groups is 1. The van der Waals surface area contributed by atoms with Crippen LogP contribution in [-0.2, 0) is 11.2 Å². The molecule has 5 nitrogen and oxygen atoms in total. The zero-order valence-electron chi connectivity index (χ0n) is 15.2. The molecule has 1 N–H and O–H groups in total. The molecule has 2 aromatic heterocycles. The number of hydrogen-bond acceptors (Lipinski definition) is 5. The number of benzene rings is 1. The van der Waals surface area contributed by atoms with E-state index in [1.807, 2.05) is 17.6 Å². The van der Waals surface area contributed by atoms with Gasteiger partial charge in [0.25, 0.3) is 0 Å². The Morgan fingerprint density at radius 1 is 1.23 bits per heavy atom. The van der Waals surface area contributed by atoms with Gasteiger partial charge in [0.15, 0.2) is 5.16 Å². The lowest BCUT2D eigenvalue weighted by Gasteiger charge is -2.12. The van der Waals surface area contributed by atoms with Gasteiger partial charge in [-0.15, -0.1) is 21.5 Å². The molecule has 1 amide bonds. The third-order valence-corrected chi connectivity index (χ3v) is 5.87. The number of nitrogens with zero attached hydrogens (tertiary/aromatic N) is 3. The number of amides is 1. The Hall–Kier alpha value is -2.12. The van der Waals surface area contributed by atoms with Gasteiger partial charge in [-0.25, -0.2) is 0 Å². The summed E-state index contributed by atoms with van der Waals surface area (Å²) in [6, 6.07) is 10.4. The monoisotopic (exact) mass is 386 g/mol. The second-order valence-electron chi connectivity index (χ2n) is 6.12. The van der Waals surface area contributed by atoms with Gasteiger partial charge in [0, 0.05) is 11.4 Å². The second-order valence-corrected chi connectivity index (χ2v) is 8.10. The molecule has 0 aliphatic heterocycles. The SMILES string of the molecule is Cc1ccc(C)c(-n2c(C)nnc2SCC(=O)NCCc2cccs2)c1. The number of rotatable bonds is 7. The van der Waals surface area contributed by atoms with Gasteiger partial charge in [-0.1, -0.05) is 30.0 Å². The van der Waals surface area contributed by atoms with Crippen molar-refractivity contribution in [2.75, 3.05) is 12.3 Å². The minimum Gasteiger partial charge on any atom is -0.355 e. The molecule has 136 valence electrons. The molecular formula is C19H22N4OS2. The molecule has 3 rings (SSSR count). The minimum absolute atomic E-state index is 0.0136. The van der Waals surface area contributed by atoms with Crippen LogP contribution in [0.5, 0.6) is 0 Å². The number of carbonyl (C=O) groups is 1. The molecule has 26 heavy (non-hydrogen) atoms. The first-order chi connectivity index (χ1) is 12.5. The number of hydrogen-bond donors (Lipinski definition) is 1. The van der Waals surface area contributed by atoms with Gasteiger partial charge in [0.2, 0.25) is 5.91 Å². The average molecular weight is 387 g/mol. The van der Waals surface area contributed by atoms with Crippen molar-refractivity contribution in [2.24, 2.45) is 0 Å². The summed E-state index contributed by atoms with van der Waals surface area (Å²) in [6.07, 6.45) is 0.867. The summed E-state index contributed by atoms with van der Waals surface area (Å²) in [5.41, 5.74) is 3.40. The number of thiophene rings is 1. The highest BCUT2D eigenvalue weighted by Gasteiger charge is 2.15. The molecule has 1 aromatic carbocycles. The highest BCUT2D eigenvalue weighted by molar-refractivity contribution is 7.99. The van der Waals surface area contributed by atoms with Gasteiger partial charge in [-0.2, -0.15) is 0 Å². The van der Waals surface area contributed by atoms with E-state index in [1.165, 1.54) is 22.2 Å². The van der Waals surface area contributed by atoms with Crippen LogP contribution in [0.3, 0.4) is 0 Å². The van der Waals surface area contributed by atoms with E-state index in [0.29, 0.717) is 12.3 Å². The lowest BCUT2D eigenvalue weighted by atomic mass is 10.1. The standard InChI is InChI=1S/C19H22N4OS2/c1-13-6-7-14(2)17(11-13)23-15(3)21-22-19(23)26-12-18(24)20-9-8-16-5-4-10-25-16/h4-7,10-11H,8-9,12H2,1-3H3,(H,20,24). The molecule has 7 heteroatoms. The smallest absolute Gasteiger partial charge is 0.230 e. The van der Waals surface area contributed by atoms with Gasteiger partial charge in [-0.05, 0) is 55.8 Å². The molecule has 0 unspecified atom stereocenters. The number of aryl methyl sites for hydroxylation is 3. The van der Waals surface area contributed by atoms with Gasteiger partial charge < -0.3 is 5.32 Å². The van der Waals surface area contributed by atoms with Crippen LogP contribution in [-0.4, -0.2) is 33.0 Å². The predicted octanol–water partition coefficient (Wildman–Crippen LogP) is 3.71. The number of carbonyl (C=O) groups excluding carboxylic acids is 1. The summed E-state index contributed by atoms with van der Waals surface area (Å²) in [4.78, 5) is 13.4. The molecule has 0 spiro atoms. The van der Waals surface area contributed by atoms with Gasteiger partial charge in [-0.3, -0.25) is 9.36 Å². The van der Waals surface area contributed by atoms with Crippen molar-refractivity contribution in [2.45, 2.75) is 32.3 Å². The van der Waals surface area contributed by atoms with E-state index < -0.39 is 0 Å². The zero-order valence-corrected chi connectivity index (χ0v) is 16.8. The van der Waals surface area contributed by atoms with Crippen LogP contribution >= 0.6 is 23.1 Å². The fraction of sp³-hybridized carbons (Fsp3) is 0.316. The van der Waals surface area contributed by atoms with Crippen LogP contribution in [0, 0.1) is 20.8 Å². The van der Waals surface area contributed by atoms with E-state index >= 15 is 0 Å². The fourth-order valence-corrected chi connectivity index (χ4v) is 4.16. The van der Waals surface area contributed by atoms with Crippen molar-refractivity contribution in [3.63, 3.8) is 0 Å². The molecule has 0 bridgehead atoms.